The molecule has 0 spiro atoms. The lowest BCUT2D eigenvalue weighted by Gasteiger charge is -2.29. The Morgan fingerprint density at radius 1 is 1.40 bits per heavy atom. The van der Waals surface area contributed by atoms with Crippen LogP contribution in [0.3, 0.4) is 0 Å². The van der Waals surface area contributed by atoms with Gasteiger partial charge in [0.2, 0.25) is 0 Å². The molecule has 5 heteroatoms. The molecular formula is C15H29N3O2. The van der Waals surface area contributed by atoms with Crippen molar-refractivity contribution in [3.8, 4) is 0 Å². The van der Waals surface area contributed by atoms with Crippen LogP contribution in [0.4, 0.5) is 0 Å². The average molecular weight is 283 g/mol. The monoisotopic (exact) mass is 283 g/mol. The van der Waals surface area contributed by atoms with Gasteiger partial charge in [0.25, 0.3) is 0 Å². The molecule has 2 atom stereocenters. The molecule has 0 bridgehead atoms. The fourth-order valence-electron chi connectivity index (χ4n) is 1.73. The van der Waals surface area contributed by atoms with Crippen LogP contribution in [0.2, 0.25) is 0 Å². The highest BCUT2D eigenvalue weighted by atomic mass is 16.5. The SMILES string of the molecule is C=CN(CC(CC)OC(CN)CO)/C(C)=C(\C)C(=C)N. The summed E-state index contributed by atoms with van der Waals surface area (Å²) in [6.07, 6.45) is 2.19. The van der Waals surface area contributed by atoms with E-state index in [-0.39, 0.29) is 18.8 Å². The highest BCUT2D eigenvalue weighted by molar-refractivity contribution is 5.28. The van der Waals surface area contributed by atoms with E-state index >= 15 is 0 Å². The Bertz CT molecular complexity index is 349. The first kappa shape index (κ1) is 18.7. The minimum absolute atomic E-state index is 0.0394. The molecular weight excluding hydrogens is 254 g/mol. The van der Waals surface area contributed by atoms with Gasteiger partial charge in [-0.2, -0.15) is 0 Å². The summed E-state index contributed by atoms with van der Waals surface area (Å²) in [6.45, 7) is 14.3. The Labute approximate surface area is 122 Å². The first-order valence-corrected chi connectivity index (χ1v) is 6.88. The number of ether oxygens (including phenoxy) is 1. The molecule has 0 heterocycles. The summed E-state index contributed by atoms with van der Waals surface area (Å²) in [5.41, 5.74) is 13.7. The van der Waals surface area contributed by atoms with Gasteiger partial charge in [-0.3, -0.25) is 0 Å². The number of allylic oxidation sites excluding steroid dienone is 2. The molecule has 5 N–H and O–H groups in total. The van der Waals surface area contributed by atoms with Crippen molar-refractivity contribution in [1.29, 1.82) is 0 Å². The van der Waals surface area contributed by atoms with Crippen molar-refractivity contribution in [3.05, 3.63) is 36.3 Å². The number of rotatable bonds is 10. The summed E-state index contributed by atoms with van der Waals surface area (Å²) < 4.78 is 5.78. The quantitative estimate of drug-likeness (QED) is 0.526. The molecule has 5 nitrogen and oxygen atoms in total. The summed E-state index contributed by atoms with van der Waals surface area (Å²) in [4.78, 5) is 1.98. The minimum Gasteiger partial charge on any atom is -0.399 e. The van der Waals surface area contributed by atoms with E-state index in [1.54, 1.807) is 6.20 Å². The lowest BCUT2D eigenvalue weighted by Crippen LogP contribution is -2.37. The third-order valence-electron chi connectivity index (χ3n) is 3.38. The number of aliphatic hydroxyl groups is 1. The summed E-state index contributed by atoms with van der Waals surface area (Å²) in [5.74, 6) is 0. The van der Waals surface area contributed by atoms with Crippen LogP contribution in [0.15, 0.2) is 36.3 Å². The zero-order valence-corrected chi connectivity index (χ0v) is 12.9. The number of nitrogens with two attached hydrogens (primary N) is 2. The van der Waals surface area contributed by atoms with E-state index in [4.69, 9.17) is 21.3 Å². The van der Waals surface area contributed by atoms with E-state index in [0.29, 0.717) is 18.8 Å². The molecule has 0 radical (unpaired) electrons. The van der Waals surface area contributed by atoms with Gasteiger partial charge in [0.05, 0.1) is 18.8 Å². The summed E-state index contributed by atoms with van der Waals surface area (Å²) in [6, 6.07) is 0. The van der Waals surface area contributed by atoms with Crippen LogP contribution in [0, 0.1) is 0 Å². The Balaban J connectivity index is 4.88. The Hall–Kier alpha value is -1.30. The molecule has 0 aromatic rings. The van der Waals surface area contributed by atoms with Crippen LogP contribution in [0.1, 0.15) is 27.2 Å². The predicted octanol–water partition coefficient (Wildman–Crippen LogP) is 1.31. The molecule has 116 valence electrons. The molecule has 0 aromatic carbocycles. The first-order chi connectivity index (χ1) is 9.40. The second-order valence-corrected chi connectivity index (χ2v) is 4.78. The summed E-state index contributed by atoms with van der Waals surface area (Å²) in [7, 11) is 0. The van der Waals surface area contributed by atoms with E-state index in [2.05, 4.69) is 13.2 Å². The van der Waals surface area contributed by atoms with Gasteiger partial charge in [0, 0.05) is 24.5 Å². The van der Waals surface area contributed by atoms with E-state index in [0.717, 1.165) is 17.7 Å². The second kappa shape index (κ2) is 9.58. The van der Waals surface area contributed by atoms with E-state index < -0.39 is 0 Å². The van der Waals surface area contributed by atoms with Gasteiger partial charge in [0.15, 0.2) is 0 Å². The molecule has 0 amide bonds. The molecule has 0 rings (SSSR count). The molecule has 2 unspecified atom stereocenters. The van der Waals surface area contributed by atoms with E-state index in [9.17, 15) is 0 Å². The maximum atomic E-state index is 9.16. The van der Waals surface area contributed by atoms with Gasteiger partial charge in [-0.05, 0) is 32.0 Å². The standard InChI is InChI=1S/C15H29N3O2/c1-6-14(20-15(8-16)10-19)9-18(7-2)13(5)11(3)12(4)17/h7,14-15,19H,2,4,6,8-10,16-17H2,1,3,5H3/b13-11+. The van der Waals surface area contributed by atoms with Crippen LogP contribution in [-0.2, 0) is 4.74 Å². The van der Waals surface area contributed by atoms with Crippen LogP contribution in [0.25, 0.3) is 0 Å². The smallest absolute Gasteiger partial charge is 0.0932 e. The van der Waals surface area contributed by atoms with Crippen molar-refractivity contribution < 1.29 is 9.84 Å². The Morgan fingerprint density at radius 3 is 2.35 bits per heavy atom. The summed E-state index contributed by atoms with van der Waals surface area (Å²) in [5, 5.41) is 9.16. The van der Waals surface area contributed by atoms with Gasteiger partial charge in [0.1, 0.15) is 0 Å². The largest absolute Gasteiger partial charge is 0.399 e. The molecule has 0 fully saturated rings. The van der Waals surface area contributed by atoms with Crippen LogP contribution >= 0.6 is 0 Å². The molecule has 0 saturated carbocycles. The fraction of sp³-hybridized carbons (Fsp3) is 0.600. The van der Waals surface area contributed by atoms with Gasteiger partial charge in [-0.25, -0.2) is 0 Å². The van der Waals surface area contributed by atoms with Crippen molar-refractivity contribution in [3.63, 3.8) is 0 Å². The van der Waals surface area contributed by atoms with Crippen molar-refractivity contribution in [1.82, 2.24) is 4.90 Å². The minimum atomic E-state index is -0.332. The van der Waals surface area contributed by atoms with Gasteiger partial charge in [-0.1, -0.05) is 20.1 Å². The summed E-state index contributed by atoms with van der Waals surface area (Å²) >= 11 is 0. The van der Waals surface area contributed by atoms with E-state index in [1.807, 2.05) is 25.7 Å². The van der Waals surface area contributed by atoms with Gasteiger partial charge >= 0.3 is 0 Å². The third-order valence-corrected chi connectivity index (χ3v) is 3.38. The van der Waals surface area contributed by atoms with Crippen LogP contribution < -0.4 is 11.5 Å². The molecule has 20 heavy (non-hydrogen) atoms. The number of hydrogen-bond donors (Lipinski definition) is 3. The molecule has 0 aliphatic rings. The third kappa shape index (κ3) is 5.77. The molecule has 0 saturated heterocycles. The van der Waals surface area contributed by atoms with Crippen molar-refractivity contribution in [2.45, 2.75) is 39.4 Å². The number of hydrogen-bond acceptors (Lipinski definition) is 5. The first-order valence-electron chi connectivity index (χ1n) is 6.88. The van der Waals surface area contributed by atoms with E-state index in [1.165, 1.54) is 0 Å². The average Bonchev–Trinajstić information content (AvgIpc) is 2.46. The van der Waals surface area contributed by atoms with Crippen LogP contribution in [-0.4, -0.2) is 41.9 Å². The molecule has 0 aliphatic carbocycles. The highest BCUT2D eigenvalue weighted by Crippen LogP contribution is 2.16. The maximum Gasteiger partial charge on any atom is 0.0932 e. The lowest BCUT2D eigenvalue weighted by atomic mass is 10.1. The van der Waals surface area contributed by atoms with Crippen molar-refractivity contribution >= 4 is 0 Å². The fourth-order valence-corrected chi connectivity index (χ4v) is 1.73. The lowest BCUT2D eigenvalue weighted by molar-refractivity contribution is -0.0416. The zero-order chi connectivity index (χ0) is 15.7. The Kier molecular flexibility index (Phi) is 8.96. The molecule has 0 aromatic heterocycles. The predicted molar refractivity (Wildman–Crippen MR) is 83.7 cm³/mol. The Morgan fingerprint density at radius 2 is 2.00 bits per heavy atom. The van der Waals surface area contributed by atoms with Gasteiger partial charge < -0.3 is 26.2 Å². The number of aliphatic hydroxyl groups excluding tert-OH is 1. The van der Waals surface area contributed by atoms with Crippen LogP contribution in [0.5, 0.6) is 0 Å². The van der Waals surface area contributed by atoms with Crippen molar-refractivity contribution in [2.24, 2.45) is 11.5 Å². The maximum absolute atomic E-state index is 9.16. The normalized spacial score (nSPS) is 15.2. The van der Waals surface area contributed by atoms with Gasteiger partial charge in [-0.15, -0.1) is 0 Å². The number of nitrogens with zero attached hydrogens (tertiary/aromatic N) is 1. The highest BCUT2D eigenvalue weighted by Gasteiger charge is 2.17. The second-order valence-electron chi connectivity index (χ2n) is 4.78. The van der Waals surface area contributed by atoms with Crippen molar-refractivity contribution in [2.75, 3.05) is 19.7 Å². The zero-order valence-electron chi connectivity index (χ0n) is 12.9. The topological polar surface area (TPSA) is 84.7 Å². The molecule has 0 aliphatic heterocycles.